The maximum absolute atomic E-state index is 11.4. The molecule has 1 saturated carbocycles. The first kappa shape index (κ1) is 14.3. The van der Waals surface area contributed by atoms with Crippen LogP contribution in [0.5, 0.6) is 17.2 Å². The molecule has 2 amide bonds. The van der Waals surface area contributed by atoms with Gasteiger partial charge in [0, 0.05) is 6.04 Å². The molecule has 2 rings (SSSR count). The fraction of sp³-hybridized carbons (Fsp3) is 0.500. The third-order valence-corrected chi connectivity index (χ3v) is 2.92. The van der Waals surface area contributed by atoms with Crippen LogP contribution < -0.4 is 24.8 Å². The van der Waals surface area contributed by atoms with Crippen molar-refractivity contribution in [1.29, 1.82) is 0 Å². The van der Waals surface area contributed by atoms with Crippen LogP contribution in [-0.4, -0.2) is 39.4 Å². The van der Waals surface area contributed by atoms with Gasteiger partial charge in [-0.15, -0.1) is 0 Å². The van der Waals surface area contributed by atoms with Crippen molar-refractivity contribution in [3.8, 4) is 17.2 Å². The lowest BCUT2D eigenvalue weighted by Crippen LogP contribution is -2.38. The van der Waals surface area contributed by atoms with Gasteiger partial charge in [0.1, 0.15) is 6.61 Å². The Hall–Kier alpha value is -2.11. The van der Waals surface area contributed by atoms with E-state index < -0.39 is 0 Å². The van der Waals surface area contributed by atoms with Gasteiger partial charge in [-0.3, -0.25) is 0 Å². The first-order valence-electron chi connectivity index (χ1n) is 6.62. The number of carbonyl (C=O) groups excluding carboxylic acids is 1. The molecule has 1 aliphatic carbocycles. The molecule has 0 spiro atoms. The molecule has 1 aromatic carbocycles. The van der Waals surface area contributed by atoms with E-state index in [1.165, 1.54) is 0 Å². The normalized spacial score (nSPS) is 13.5. The van der Waals surface area contributed by atoms with E-state index in [1.807, 2.05) is 6.07 Å². The van der Waals surface area contributed by atoms with Gasteiger partial charge in [-0.25, -0.2) is 4.79 Å². The molecule has 2 N–H and O–H groups in total. The van der Waals surface area contributed by atoms with E-state index in [1.54, 1.807) is 26.4 Å². The molecule has 1 aliphatic rings. The Morgan fingerprint density at radius 2 is 2.00 bits per heavy atom. The minimum Gasteiger partial charge on any atom is -0.493 e. The van der Waals surface area contributed by atoms with E-state index in [-0.39, 0.29) is 6.03 Å². The number of nitrogens with one attached hydrogen (secondary N) is 2. The lowest BCUT2D eigenvalue weighted by molar-refractivity contribution is 0.235. The fourth-order valence-electron chi connectivity index (χ4n) is 1.76. The van der Waals surface area contributed by atoms with Gasteiger partial charge in [-0.05, 0) is 25.0 Å². The van der Waals surface area contributed by atoms with E-state index in [0.717, 1.165) is 12.8 Å². The molecular weight excluding hydrogens is 260 g/mol. The van der Waals surface area contributed by atoms with E-state index in [4.69, 9.17) is 14.2 Å². The van der Waals surface area contributed by atoms with Crippen molar-refractivity contribution in [3.05, 3.63) is 18.2 Å². The Morgan fingerprint density at radius 1 is 1.25 bits per heavy atom. The first-order chi connectivity index (χ1) is 9.74. The highest BCUT2D eigenvalue weighted by atomic mass is 16.5. The number of para-hydroxylation sites is 1. The average molecular weight is 280 g/mol. The van der Waals surface area contributed by atoms with Crippen LogP contribution in [0.25, 0.3) is 0 Å². The molecule has 0 radical (unpaired) electrons. The summed E-state index contributed by atoms with van der Waals surface area (Å²) in [6.07, 6.45) is 2.15. The van der Waals surface area contributed by atoms with Crippen LogP contribution in [0.4, 0.5) is 4.79 Å². The van der Waals surface area contributed by atoms with E-state index in [9.17, 15) is 4.79 Å². The van der Waals surface area contributed by atoms with Crippen molar-refractivity contribution < 1.29 is 19.0 Å². The average Bonchev–Trinajstić information content (AvgIpc) is 3.26. The molecule has 110 valence electrons. The monoisotopic (exact) mass is 280 g/mol. The predicted molar refractivity (Wildman–Crippen MR) is 74.6 cm³/mol. The molecule has 1 fully saturated rings. The molecule has 0 saturated heterocycles. The van der Waals surface area contributed by atoms with Gasteiger partial charge < -0.3 is 24.8 Å². The Labute approximate surface area is 118 Å². The molecule has 0 atom stereocenters. The van der Waals surface area contributed by atoms with Crippen molar-refractivity contribution in [1.82, 2.24) is 10.6 Å². The Morgan fingerprint density at radius 3 is 2.65 bits per heavy atom. The molecule has 6 heteroatoms. The lowest BCUT2D eigenvalue weighted by Gasteiger charge is -2.13. The van der Waals surface area contributed by atoms with Crippen LogP contribution >= 0.6 is 0 Å². The topological polar surface area (TPSA) is 68.8 Å². The van der Waals surface area contributed by atoms with Crippen LogP contribution in [0, 0.1) is 0 Å². The summed E-state index contributed by atoms with van der Waals surface area (Å²) in [6, 6.07) is 5.63. The fourth-order valence-corrected chi connectivity index (χ4v) is 1.76. The second kappa shape index (κ2) is 6.88. The van der Waals surface area contributed by atoms with Crippen LogP contribution in [0.3, 0.4) is 0 Å². The van der Waals surface area contributed by atoms with Crippen molar-refractivity contribution in [2.45, 2.75) is 18.9 Å². The molecule has 0 unspecified atom stereocenters. The molecule has 0 aliphatic heterocycles. The highest BCUT2D eigenvalue weighted by molar-refractivity contribution is 5.74. The quantitative estimate of drug-likeness (QED) is 0.743. The van der Waals surface area contributed by atoms with Crippen molar-refractivity contribution >= 4 is 6.03 Å². The molecule has 1 aromatic rings. The number of carbonyl (C=O) groups is 1. The second-order valence-electron chi connectivity index (χ2n) is 4.51. The number of hydrogen-bond acceptors (Lipinski definition) is 4. The minimum atomic E-state index is -0.145. The third kappa shape index (κ3) is 3.94. The number of rotatable bonds is 7. The Kier molecular flexibility index (Phi) is 4.92. The van der Waals surface area contributed by atoms with Gasteiger partial charge in [-0.2, -0.15) is 0 Å². The summed E-state index contributed by atoms with van der Waals surface area (Å²) in [5, 5.41) is 5.59. The summed E-state index contributed by atoms with van der Waals surface area (Å²) in [4.78, 5) is 11.4. The Balaban J connectivity index is 1.76. The lowest BCUT2D eigenvalue weighted by atomic mass is 10.3. The second-order valence-corrected chi connectivity index (χ2v) is 4.51. The van der Waals surface area contributed by atoms with Crippen LogP contribution in [-0.2, 0) is 0 Å². The van der Waals surface area contributed by atoms with Crippen molar-refractivity contribution in [2.24, 2.45) is 0 Å². The van der Waals surface area contributed by atoms with Gasteiger partial charge in [-0.1, -0.05) is 6.07 Å². The number of urea groups is 1. The van der Waals surface area contributed by atoms with Crippen LogP contribution in [0.15, 0.2) is 18.2 Å². The van der Waals surface area contributed by atoms with Gasteiger partial charge >= 0.3 is 6.03 Å². The van der Waals surface area contributed by atoms with Crippen LogP contribution in [0.2, 0.25) is 0 Å². The summed E-state index contributed by atoms with van der Waals surface area (Å²) in [7, 11) is 3.14. The van der Waals surface area contributed by atoms with Crippen molar-refractivity contribution in [3.63, 3.8) is 0 Å². The van der Waals surface area contributed by atoms with Crippen molar-refractivity contribution in [2.75, 3.05) is 27.4 Å². The zero-order chi connectivity index (χ0) is 14.4. The summed E-state index contributed by atoms with van der Waals surface area (Å²) >= 11 is 0. The number of hydrogen-bond donors (Lipinski definition) is 2. The SMILES string of the molecule is COc1cccc(OCCNC(=O)NC2CC2)c1OC. The molecule has 0 aromatic heterocycles. The number of benzene rings is 1. The zero-order valence-electron chi connectivity index (χ0n) is 11.8. The number of methoxy groups -OCH3 is 2. The van der Waals surface area contributed by atoms with Gasteiger partial charge in [0.15, 0.2) is 11.5 Å². The Bertz CT molecular complexity index is 460. The van der Waals surface area contributed by atoms with Gasteiger partial charge in [0.25, 0.3) is 0 Å². The molecule has 20 heavy (non-hydrogen) atoms. The summed E-state index contributed by atoms with van der Waals surface area (Å²) in [6.45, 7) is 0.792. The first-order valence-corrected chi connectivity index (χ1v) is 6.62. The van der Waals surface area contributed by atoms with E-state index >= 15 is 0 Å². The number of ether oxygens (including phenoxy) is 3. The largest absolute Gasteiger partial charge is 0.493 e. The maximum Gasteiger partial charge on any atom is 0.315 e. The zero-order valence-corrected chi connectivity index (χ0v) is 11.8. The standard InChI is InChI=1S/C14H20N2O4/c1-18-11-4-3-5-12(13(11)19-2)20-9-8-15-14(17)16-10-6-7-10/h3-5,10H,6-9H2,1-2H3,(H2,15,16,17). The summed E-state index contributed by atoms with van der Waals surface area (Å²) in [5.74, 6) is 1.76. The maximum atomic E-state index is 11.4. The number of amides is 2. The van der Waals surface area contributed by atoms with E-state index in [0.29, 0.717) is 36.4 Å². The predicted octanol–water partition coefficient (Wildman–Crippen LogP) is 1.54. The van der Waals surface area contributed by atoms with E-state index in [2.05, 4.69) is 10.6 Å². The highest BCUT2D eigenvalue weighted by Gasteiger charge is 2.22. The summed E-state index contributed by atoms with van der Waals surface area (Å²) < 4.78 is 16.0. The molecular formula is C14H20N2O4. The summed E-state index contributed by atoms with van der Waals surface area (Å²) in [5.41, 5.74) is 0. The van der Waals surface area contributed by atoms with Gasteiger partial charge in [0.2, 0.25) is 5.75 Å². The van der Waals surface area contributed by atoms with Gasteiger partial charge in [0.05, 0.1) is 20.8 Å². The van der Waals surface area contributed by atoms with Crippen LogP contribution in [0.1, 0.15) is 12.8 Å². The third-order valence-electron chi connectivity index (χ3n) is 2.92. The highest BCUT2D eigenvalue weighted by Crippen LogP contribution is 2.36. The smallest absolute Gasteiger partial charge is 0.315 e. The molecule has 0 heterocycles. The minimum absolute atomic E-state index is 0.145. The molecule has 6 nitrogen and oxygen atoms in total. The molecule has 0 bridgehead atoms.